The Morgan fingerprint density at radius 3 is 2.09 bits per heavy atom. The molecule has 2 rings (SSSR count). The van der Waals surface area contributed by atoms with Gasteiger partial charge in [0.25, 0.3) is 0 Å². The summed E-state index contributed by atoms with van der Waals surface area (Å²) in [6.45, 7) is 12.6. The minimum Gasteiger partial charge on any atom is -0.444 e. The molecule has 180 valence electrons. The van der Waals surface area contributed by atoms with Crippen molar-refractivity contribution in [1.82, 2.24) is 10.2 Å². The van der Waals surface area contributed by atoms with Gasteiger partial charge in [-0.1, -0.05) is 42.5 Å². The molecular weight excluding hydrogens is 423 g/mol. The summed E-state index contributed by atoms with van der Waals surface area (Å²) in [6, 6.07) is 14.1. The lowest BCUT2D eigenvalue weighted by Crippen LogP contribution is -2.49. The fraction of sp³-hybridized carbons (Fsp3) is 0.462. The third kappa shape index (κ3) is 8.75. The van der Waals surface area contributed by atoms with Crippen LogP contribution in [0.5, 0.6) is 0 Å². The van der Waals surface area contributed by atoms with Crippen molar-refractivity contribution in [2.45, 2.75) is 78.3 Å². The topological polar surface area (TPSA) is 67.9 Å². The highest BCUT2D eigenvalue weighted by Gasteiger charge is 2.35. The molecule has 0 aromatic heterocycles. The standard InChI is InChI=1S/C26H35FN2O4/c1-18(28-23(30)32-25(2,3)4)22(20-14-11-15-21(27)16-20)29(24(31)33-26(5,6)7)17-19-12-9-8-10-13-19/h8-16,18,22H,17H2,1-7H3,(H,28,30)/t18-,22-/m1/s1. The molecule has 33 heavy (non-hydrogen) atoms. The Kier molecular flexibility index (Phi) is 8.47. The molecule has 0 saturated carbocycles. The second-order valence-electron chi connectivity index (χ2n) is 10.0. The first-order chi connectivity index (χ1) is 15.2. The van der Waals surface area contributed by atoms with Crippen molar-refractivity contribution < 1.29 is 23.5 Å². The summed E-state index contributed by atoms with van der Waals surface area (Å²) in [5.74, 6) is -0.439. The predicted octanol–water partition coefficient (Wildman–Crippen LogP) is 6.22. The molecule has 0 aliphatic heterocycles. The van der Waals surface area contributed by atoms with Crippen LogP contribution in [0.4, 0.5) is 14.0 Å². The molecule has 6 nitrogen and oxygen atoms in total. The van der Waals surface area contributed by atoms with Crippen LogP contribution in [0.2, 0.25) is 0 Å². The van der Waals surface area contributed by atoms with E-state index in [4.69, 9.17) is 9.47 Å². The number of amides is 2. The number of hydrogen-bond donors (Lipinski definition) is 1. The quantitative estimate of drug-likeness (QED) is 0.558. The summed E-state index contributed by atoms with van der Waals surface area (Å²) in [7, 11) is 0. The Labute approximate surface area is 196 Å². The average molecular weight is 459 g/mol. The minimum absolute atomic E-state index is 0.206. The number of nitrogens with one attached hydrogen (secondary N) is 1. The highest BCUT2D eigenvalue weighted by molar-refractivity contribution is 5.70. The van der Waals surface area contributed by atoms with Crippen molar-refractivity contribution in [2.75, 3.05) is 0 Å². The second kappa shape index (κ2) is 10.7. The van der Waals surface area contributed by atoms with E-state index in [2.05, 4.69) is 5.32 Å². The van der Waals surface area contributed by atoms with Gasteiger partial charge in [-0.25, -0.2) is 14.0 Å². The summed E-state index contributed by atoms with van der Waals surface area (Å²) in [6.07, 6.45) is -1.20. The number of carbonyl (C=O) groups excluding carboxylic acids is 2. The molecule has 7 heteroatoms. The molecule has 2 amide bonds. The molecule has 0 fully saturated rings. The van der Waals surface area contributed by atoms with Gasteiger partial charge in [0.05, 0.1) is 12.1 Å². The van der Waals surface area contributed by atoms with Crippen LogP contribution in [0.3, 0.4) is 0 Å². The largest absolute Gasteiger partial charge is 0.444 e. The van der Waals surface area contributed by atoms with Crippen LogP contribution in [0.1, 0.15) is 65.6 Å². The van der Waals surface area contributed by atoms with Gasteiger partial charge in [0.15, 0.2) is 0 Å². The minimum atomic E-state index is -0.736. The van der Waals surface area contributed by atoms with Crippen LogP contribution in [0.15, 0.2) is 54.6 Å². The lowest BCUT2D eigenvalue weighted by atomic mass is 9.98. The molecule has 2 aromatic carbocycles. The number of rotatable bonds is 6. The van der Waals surface area contributed by atoms with Crippen molar-refractivity contribution in [3.63, 3.8) is 0 Å². The van der Waals surface area contributed by atoms with Crippen LogP contribution in [0.25, 0.3) is 0 Å². The van der Waals surface area contributed by atoms with E-state index in [9.17, 15) is 14.0 Å². The van der Waals surface area contributed by atoms with E-state index >= 15 is 0 Å². The molecule has 0 saturated heterocycles. The maximum Gasteiger partial charge on any atom is 0.411 e. The molecule has 0 unspecified atom stereocenters. The van der Waals surface area contributed by atoms with Gasteiger partial charge in [0.1, 0.15) is 17.0 Å². The average Bonchev–Trinajstić information content (AvgIpc) is 2.65. The number of halogens is 1. The van der Waals surface area contributed by atoms with Crippen molar-refractivity contribution in [3.8, 4) is 0 Å². The van der Waals surface area contributed by atoms with Gasteiger partial charge in [0, 0.05) is 6.54 Å². The Morgan fingerprint density at radius 1 is 0.939 bits per heavy atom. The molecule has 0 bridgehead atoms. The smallest absolute Gasteiger partial charge is 0.411 e. The van der Waals surface area contributed by atoms with Gasteiger partial charge >= 0.3 is 12.2 Å². The number of hydrogen-bond acceptors (Lipinski definition) is 4. The molecule has 0 spiro atoms. The molecular formula is C26H35FN2O4. The highest BCUT2D eigenvalue weighted by atomic mass is 19.1. The Balaban J connectivity index is 2.49. The van der Waals surface area contributed by atoms with E-state index < -0.39 is 41.3 Å². The lowest BCUT2D eigenvalue weighted by molar-refractivity contribution is 0.00759. The summed E-state index contributed by atoms with van der Waals surface area (Å²) in [5.41, 5.74) is -0.0255. The number of carbonyl (C=O) groups is 2. The van der Waals surface area contributed by atoms with E-state index in [0.717, 1.165) is 5.56 Å². The van der Waals surface area contributed by atoms with E-state index in [-0.39, 0.29) is 6.54 Å². The fourth-order valence-corrected chi connectivity index (χ4v) is 3.38. The lowest BCUT2D eigenvalue weighted by Gasteiger charge is -2.37. The zero-order valence-electron chi connectivity index (χ0n) is 20.5. The molecule has 0 heterocycles. The SMILES string of the molecule is C[C@@H](NC(=O)OC(C)(C)C)[C@H](c1cccc(F)c1)N(Cc1ccccc1)C(=O)OC(C)(C)C. The van der Waals surface area contributed by atoms with Crippen LogP contribution in [-0.4, -0.2) is 34.3 Å². The van der Waals surface area contributed by atoms with E-state index in [1.165, 1.54) is 17.0 Å². The molecule has 0 aliphatic rings. The monoisotopic (exact) mass is 458 g/mol. The van der Waals surface area contributed by atoms with Gasteiger partial charge in [-0.3, -0.25) is 4.90 Å². The molecule has 2 atom stereocenters. The Hall–Kier alpha value is -3.09. The maximum absolute atomic E-state index is 14.2. The highest BCUT2D eigenvalue weighted by Crippen LogP contribution is 2.29. The number of benzene rings is 2. The van der Waals surface area contributed by atoms with Crippen LogP contribution >= 0.6 is 0 Å². The van der Waals surface area contributed by atoms with Gasteiger partial charge in [-0.2, -0.15) is 0 Å². The molecule has 0 aliphatic carbocycles. The van der Waals surface area contributed by atoms with Gasteiger partial charge in [-0.15, -0.1) is 0 Å². The van der Waals surface area contributed by atoms with Crippen molar-refractivity contribution in [3.05, 3.63) is 71.5 Å². The van der Waals surface area contributed by atoms with E-state index in [0.29, 0.717) is 5.56 Å². The van der Waals surface area contributed by atoms with E-state index in [1.54, 1.807) is 60.6 Å². The summed E-state index contributed by atoms with van der Waals surface area (Å²) >= 11 is 0. The molecule has 0 radical (unpaired) electrons. The number of ether oxygens (including phenoxy) is 2. The molecule has 1 N–H and O–H groups in total. The zero-order chi connectivity index (χ0) is 24.8. The Morgan fingerprint density at radius 2 is 1.55 bits per heavy atom. The summed E-state index contributed by atoms with van der Waals surface area (Å²) < 4.78 is 25.3. The van der Waals surface area contributed by atoms with Gasteiger partial charge < -0.3 is 14.8 Å². The first kappa shape index (κ1) is 26.2. The third-order valence-electron chi connectivity index (χ3n) is 4.57. The zero-order valence-corrected chi connectivity index (χ0v) is 20.5. The number of nitrogens with zero attached hydrogens (tertiary/aromatic N) is 1. The fourth-order valence-electron chi connectivity index (χ4n) is 3.38. The first-order valence-corrected chi connectivity index (χ1v) is 11.0. The number of alkyl carbamates (subject to hydrolysis) is 1. The van der Waals surface area contributed by atoms with Crippen LogP contribution < -0.4 is 5.32 Å². The van der Waals surface area contributed by atoms with Crippen molar-refractivity contribution in [1.29, 1.82) is 0 Å². The third-order valence-corrected chi connectivity index (χ3v) is 4.57. The summed E-state index contributed by atoms with van der Waals surface area (Å²) in [4.78, 5) is 27.4. The molecule has 2 aromatic rings. The van der Waals surface area contributed by atoms with Crippen LogP contribution in [0, 0.1) is 5.82 Å². The first-order valence-electron chi connectivity index (χ1n) is 11.0. The van der Waals surface area contributed by atoms with Crippen molar-refractivity contribution >= 4 is 12.2 Å². The second-order valence-corrected chi connectivity index (χ2v) is 10.0. The summed E-state index contributed by atoms with van der Waals surface area (Å²) in [5, 5.41) is 2.81. The Bertz CT molecular complexity index is 935. The maximum atomic E-state index is 14.2. The van der Waals surface area contributed by atoms with Crippen LogP contribution in [-0.2, 0) is 16.0 Å². The van der Waals surface area contributed by atoms with Gasteiger partial charge in [-0.05, 0) is 71.7 Å². The van der Waals surface area contributed by atoms with E-state index in [1.807, 2.05) is 30.3 Å². The van der Waals surface area contributed by atoms with Gasteiger partial charge in [0.2, 0.25) is 0 Å². The van der Waals surface area contributed by atoms with Crippen molar-refractivity contribution in [2.24, 2.45) is 0 Å². The predicted molar refractivity (Wildman–Crippen MR) is 126 cm³/mol. The normalized spacial score (nSPS) is 13.6.